The van der Waals surface area contributed by atoms with Gasteiger partial charge >= 0.3 is 0 Å². The molecule has 0 N–H and O–H groups in total. The minimum absolute atomic E-state index is 0.0660. The van der Waals surface area contributed by atoms with Crippen molar-refractivity contribution in [2.24, 2.45) is 0 Å². The van der Waals surface area contributed by atoms with Crippen molar-refractivity contribution in [3.8, 4) is 0 Å². The highest BCUT2D eigenvalue weighted by Gasteiger charge is 2.36. The van der Waals surface area contributed by atoms with Crippen molar-refractivity contribution in [2.75, 3.05) is 31.6 Å². The average molecular weight is 360 g/mol. The molecular weight excluding hydrogens is 340 g/mol. The number of hydrogen-bond acceptors (Lipinski definition) is 4. The molecule has 1 atom stereocenters. The molecule has 7 heteroatoms. The van der Waals surface area contributed by atoms with Crippen molar-refractivity contribution in [3.63, 3.8) is 0 Å². The zero-order valence-corrected chi connectivity index (χ0v) is 15.0. The van der Waals surface area contributed by atoms with Crippen molar-refractivity contribution in [2.45, 2.75) is 24.3 Å². The van der Waals surface area contributed by atoms with E-state index in [0.29, 0.717) is 37.0 Å². The third-order valence-corrected chi connectivity index (χ3v) is 7.04. The number of carbonyl (C=O) groups excluding carboxylic acids is 1. The standard InChI is InChI=1S/C18H20N2O4S/c1-3-20-15-7-8-16(13-5-4-6-14(17(13)15)18(20)21)25(22,23)19-10-9-12(11-19)24-2/h4-8,12H,3,9-11H2,1-2H3/t12-/m0/s1. The second kappa shape index (κ2) is 5.79. The fourth-order valence-corrected chi connectivity index (χ4v) is 5.48. The van der Waals surface area contributed by atoms with E-state index >= 15 is 0 Å². The van der Waals surface area contributed by atoms with E-state index in [4.69, 9.17) is 4.74 Å². The maximum Gasteiger partial charge on any atom is 0.258 e. The monoisotopic (exact) mass is 360 g/mol. The third kappa shape index (κ3) is 2.30. The third-order valence-electron chi connectivity index (χ3n) is 5.12. The number of nitrogens with zero attached hydrogens (tertiary/aromatic N) is 2. The minimum atomic E-state index is -3.63. The van der Waals surface area contributed by atoms with Gasteiger partial charge in [-0.05, 0) is 31.5 Å². The molecule has 1 fully saturated rings. The fraction of sp³-hybridized carbons (Fsp3) is 0.389. The first kappa shape index (κ1) is 16.5. The van der Waals surface area contributed by atoms with Crippen LogP contribution in [0.5, 0.6) is 0 Å². The summed E-state index contributed by atoms with van der Waals surface area (Å²) in [5.41, 5.74) is 1.36. The Balaban J connectivity index is 1.88. The van der Waals surface area contributed by atoms with Crippen molar-refractivity contribution >= 4 is 32.4 Å². The Morgan fingerprint density at radius 2 is 2.04 bits per heavy atom. The van der Waals surface area contributed by atoms with Crippen molar-refractivity contribution in [3.05, 3.63) is 35.9 Å². The Labute approximate surface area is 147 Å². The summed E-state index contributed by atoms with van der Waals surface area (Å²) in [7, 11) is -2.03. The van der Waals surface area contributed by atoms with E-state index in [1.54, 1.807) is 42.3 Å². The highest BCUT2D eigenvalue weighted by molar-refractivity contribution is 7.89. The maximum absolute atomic E-state index is 13.2. The van der Waals surface area contributed by atoms with Gasteiger partial charge in [0, 0.05) is 43.1 Å². The van der Waals surface area contributed by atoms with Gasteiger partial charge in [0.2, 0.25) is 10.0 Å². The molecule has 132 valence electrons. The molecular formula is C18H20N2O4S. The minimum Gasteiger partial charge on any atom is -0.380 e. The lowest BCUT2D eigenvalue weighted by molar-refractivity contribution is 0.0994. The highest BCUT2D eigenvalue weighted by Crippen LogP contribution is 2.40. The summed E-state index contributed by atoms with van der Waals surface area (Å²) >= 11 is 0. The number of carbonyl (C=O) groups is 1. The lowest BCUT2D eigenvalue weighted by Crippen LogP contribution is -2.30. The summed E-state index contributed by atoms with van der Waals surface area (Å²) in [6.45, 7) is 3.28. The van der Waals surface area contributed by atoms with Gasteiger partial charge in [-0.1, -0.05) is 12.1 Å². The normalized spacial score (nSPS) is 20.8. The van der Waals surface area contributed by atoms with Crippen molar-refractivity contribution in [1.82, 2.24) is 4.31 Å². The van der Waals surface area contributed by atoms with Gasteiger partial charge < -0.3 is 9.64 Å². The van der Waals surface area contributed by atoms with Crippen LogP contribution in [0.25, 0.3) is 10.8 Å². The van der Waals surface area contributed by atoms with Crippen LogP contribution in [0.4, 0.5) is 5.69 Å². The van der Waals surface area contributed by atoms with Gasteiger partial charge in [0.1, 0.15) is 0 Å². The molecule has 25 heavy (non-hydrogen) atoms. The predicted molar refractivity (Wildman–Crippen MR) is 95.5 cm³/mol. The second-order valence-corrected chi connectivity index (χ2v) is 8.28. The first-order valence-corrected chi connectivity index (χ1v) is 9.83. The number of methoxy groups -OCH3 is 1. The molecule has 0 unspecified atom stereocenters. The molecule has 0 spiro atoms. The topological polar surface area (TPSA) is 66.9 Å². The zero-order valence-electron chi connectivity index (χ0n) is 14.2. The molecule has 2 aliphatic rings. The Morgan fingerprint density at radius 3 is 2.72 bits per heavy atom. The number of benzene rings is 2. The number of ether oxygens (including phenoxy) is 1. The van der Waals surface area contributed by atoms with Crippen molar-refractivity contribution < 1.29 is 17.9 Å². The van der Waals surface area contributed by atoms with Crippen LogP contribution in [-0.4, -0.2) is 51.5 Å². The van der Waals surface area contributed by atoms with Crippen LogP contribution in [0.2, 0.25) is 0 Å². The number of hydrogen-bond donors (Lipinski definition) is 0. The SMILES string of the molecule is CCN1C(=O)c2cccc3c(S(=O)(=O)N4CC[C@H](OC)C4)ccc1c23. The molecule has 2 aromatic carbocycles. The van der Waals surface area contributed by atoms with Crippen LogP contribution >= 0.6 is 0 Å². The molecule has 0 saturated carbocycles. The first-order chi connectivity index (χ1) is 12.0. The molecule has 0 bridgehead atoms. The van der Waals surface area contributed by atoms with Crippen LogP contribution in [0.3, 0.4) is 0 Å². The number of anilines is 1. The van der Waals surface area contributed by atoms with Gasteiger partial charge in [0.05, 0.1) is 16.7 Å². The molecule has 0 aromatic heterocycles. The summed E-state index contributed by atoms with van der Waals surface area (Å²) in [6.07, 6.45) is 0.628. The van der Waals surface area contributed by atoms with Crippen LogP contribution in [-0.2, 0) is 14.8 Å². The lowest BCUT2D eigenvalue weighted by Gasteiger charge is -2.19. The van der Waals surface area contributed by atoms with Crippen LogP contribution in [0, 0.1) is 0 Å². The quantitative estimate of drug-likeness (QED) is 0.839. The molecule has 2 aliphatic heterocycles. The Kier molecular flexibility index (Phi) is 3.82. The van der Waals surface area contributed by atoms with Gasteiger partial charge in [-0.2, -0.15) is 4.31 Å². The van der Waals surface area contributed by atoms with Crippen molar-refractivity contribution in [1.29, 1.82) is 0 Å². The van der Waals surface area contributed by atoms with Crippen LogP contribution in [0.15, 0.2) is 35.2 Å². The van der Waals surface area contributed by atoms with Gasteiger partial charge in [0.15, 0.2) is 0 Å². The number of sulfonamides is 1. The second-order valence-electron chi connectivity index (χ2n) is 6.37. The summed E-state index contributed by atoms with van der Waals surface area (Å²) in [6, 6.07) is 8.66. The maximum atomic E-state index is 13.2. The summed E-state index contributed by atoms with van der Waals surface area (Å²) in [5.74, 6) is -0.0710. The van der Waals surface area contributed by atoms with Gasteiger partial charge in [-0.15, -0.1) is 0 Å². The summed E-state index contributed by atoms with van der Waals surface area (Å²) < 4.78 is 33.1. The van der Waals surface area contributed by atoms with Crippen LogP contribution < -0.4 is 4.90 Å². The molecule has 4 rings (SSSR count). The molecule has 0 radical (unpaired) electrons. The van der Waals surface area contributed by atoms with E-state index in [1.807, 2.05) is 6.92 Å². The Bertz CT molecular complexity index is 970. The number of amides is 1. The largest absolute Gasteiger partial charge is 0.380 e. The molecule has 0 aliphatic carbocycles. The summed E-state index contributed by atoms with van der Waals surface area (Å²) in [5, 5.41) is 1.35. The van der Waals surface area contributed by atoms with E-state index in [-0.39, 0.29) is 16.9 Å². The predicted octanol–water partition coefficient (Wildman–Crippen LogP) is 2.23. The molecule has 1 amide bonds. The van der Waals surface area contributed by atoms with E-state index in [0.717, 1.165) is 11.1 Å². The average Bonchev–Trinajstić information content (AvgIpc) is 3.20. The first-order valence-electron chi connectivity index (χ1n) is 8.39. The number of rotatable bonds is 4. The van der Waals surface area contributed by atoms with Gasteiger partial charge in [-0.25, -0.2) is 8.42 Å². The highest BCUT2D eigenvalue weighted by atomic mass is 32.2. The van der Waals surface area contributed by atoms with E-state index in [2.05, 4.69) is 0 Å². The zero-order chi connectivity index (χ0) is 17.8. The van der Waals surface area contributed by atoms with Crippen LogP contribution in [0.1, 0.15) is 23.7 Å². The molecule has 2 heterocycles. The van der Waals surface area contributed by atoms with Gasteiger partial charge in [-0.3, -0.25) is 4.79 Å². The molecule has 2 aromatic rings. The molecule has 6 nitrogen and oxygen atoms in total. The lowest BCUT2D eigenvalue weighted by atomic mass is 10.1. The molecule has 1 saturated heterocycles. The van der Waals surface area contributed by atoms with E-state index in [9.17, 15) is 13.2 Å². The van der Waals surface area contributed by atoms with E-state index < -0.39 is 10.0 Å². The fourth-order valence-electron chi connectivity index (χ4n) is 3.81. The Hall–Kier alpha value is -1.96. The van der Waals surface area contributed by atoms with E-state index in [1.165, 1.54) is 4.31 Å². The smallest absolute Gasteiger partial charge is 0.258 e. The Morgan fingerprint density at radius 1 is 1.24 bits per heavy atom. The van der Waals surface area contributed by atoms with Gasteiger partial charge in [0.25, 0.3) is 5.91 Å². The summed E-state index contributed by atoms with van der Waals surface area (Å²) in [4.78, 5) is 14.5.